The third kappa shape index (κ3) is 4.56. The largest absolute Gasteiger partial charge is 0.481 e. The Bertz CT molecular complexity index is 498. The summed E-state index contributed by atoms with van der Waals surface area (Å²) in [6, 6.07) is 8.73. The van der Waals surface area contributed by atoms with Gasteiger partial charge in [-0.3, -0.25) is 9.59 Å². The Morgan fingerprint density at radius 1 is 1.14 bits per heavy atom. The van der Waals surface area contributed by atoms with Gasteiger partial charge < -0.3 is 15.5 Å². The zero-order valence-corrected chi connectivity index (χ0v) is 12.7. The van der Waals surface area contributed by atoms with Crippen molar-refractivity contribution in [3.05, 3.63) is 35.9 Å². The number of carbonyl (C=O) groups is 2. The van der Waals surface area contributed by atoms with Crippen LogP contribution in [0.4, 0.5) is 0 Å². The first-order valence-electron chi connectivity index (χ1n) is 6.92. The molecule has 116 valence electrons. The van der Waals surface area contributed by atoms with E-state index in [1.54, 1.807) is 51.1 Å². The number of carbonyl (C=O) groups excluding carboxylic acids is 1. The van der Waals surface area contributed by atoms with Crippen LogP contribution in [-0.4, -0.2) is 34.2 Å². The number of aliphatic hydroxyl groups is 1. The van der Waals surface area contributed by atoms with Gasteiger partial charge in [0.05, 0.1) is 5.41 Å². The predicted molar refractivity (Wildman–Crippen MR) is 80.0 cm³/mol. The quantitative estimate of drug-likeness (QED) is 0.714. The van der Waals surface area contributed by atoms with Crippen molar-refractivity contribution in [2.24, 2.45) is 0 Å². The van der Waals surface area contributed by atoms with Gasteiger partial charge in [0, 0.05) is 18.6 Å². The first-order valence-corrected chi connectivity index (χ1v) is 6.92. The summed E-state index contributed by atoms with van der Waals surface area (Å²) in [5.41, 5.74) is -1.25. The van der Waals surface area contributed by atoms with Crippen molar-refractivity contribution in [2.45, 2.75) is 44.6 Å². The molecule has 0 aliphatic rings. The van der Waals surface area contributed by atoms with Crippen LogP contribution < -0.4 is 5.32 Å². The van der Waals surface area contributed by atoms with E-state index < -0.39 is 16.9 Å². The fourth-order valence-electron chi connectivity index (χ4n) is 2.19. The van der Waals surface area contributed by atoms with Crippen molar-refractivity contribution < 1.29 is 19.8 Å². The van der Waals surface area contributed by atoms with Crippen LogP contribution in [0.2, 0.25) is 0 Å². The first-order chi connectivity index (χ1) is 9.71. The number of aliphatic carboxylic acids is 1. The summed E-state index contributed by atoms with van der Waals surface area (Å²) in [5, 5.41) is 21.3. The molecule has 0 aliphatic heterocycles. The van der Waals surface area contributed by atoms with Crippen molar-refractivity contribution in [2.75, 3.05) is 6.61 Å². The minimum absolute atomic E-state index is 0.0395. The average molecular weight is 293 g/mol. The van der Waals surface area contributed by atoms with Gasteiger partial charge in [-0.05, 0) is 32.8 Å². The molecule has 0 saturated heterocycles. The maximum atomic E-state index is 12.2. The fourth-order valence-corrected chi connectivity index (χ4v) is 2.19. The van der Waals surface area contributed by atoms with Crippen LogP contribution in [0.3, 0.4) is 0 Å². The lowest BCUT2D eigenvalue weighted by atomic mass is 9.79. The molecule has 0 aliphatic carbocycles. The van der Waals surface area contributed by atoms with Gasteiger partial charge in [0.2, 0.25) is 5.91 Å². The second kappa shape index (κ2) is 6.72. The molecule has 0 saturated carbocycles. The highest BCUT2D eigenvalue weighted by atomic mass is 16.4. The number of aliphatic hydroxyl groups excluding tert-OH is 1. The summed E-state index contributed by atoms with van der Waals surface area (Å²) in [4.78, 5) is 23.8. The summed E-state index contributed by atoms with van der Waals surface area (Å²) in [5.74, 6) is -1.38. The standard InChI is InChI=1S/C16H23NO4/c1-15(2,9-10-18)17-13(19)11-16(3,14(20)21)12-7-5-4-6-8-12/h4-8,18H,9-11H2,1-3H3,(H,17,19)(H,20,21). The zero-order chi connectivity index (χ0) is 16.1. The molecule has 0 fully saturated rings. The number of hydrogen-bond donors (Lipinski definition) is 3. The third-order valence-corrected chi connectivity index (χ3v) is 3.61. The van der Waals surface area contributed by atoms with E-state index in [0.717, 1.165) is 0 Å². The van der Waals surface area contributed by atoms with E-state index in [-0.39, 0.29) is 18.9 Å². The highest BCUT2D eigenvalue weighted by Gasteiger charge is 2.38. The van der Waals surface area contributed by atoms with Gasteiger partial charge in [0.1, 0.15) is 0 Å². The van der Waals surface area contributed by atoms with Crippen molar-refractivity contribution in [3.63, 3.8) is 0 Å². The van der Waals surface area contributed by atoms with Crippen molar-refractivity contribution in [1.29, 1.82) is 0 Å². The van der Waals surface area contributed by atoms with E-state index in [1.807, 2.05) is 0 Å². The van der Waals surface area contributed by atoms with E-state index in [9.17, 15) is 14.7 Å². The highest BCUT2D eigenvalue weighted by Crippen LogP contribution is 2.28. The smallest absolute Gasteiger partial charge is 0.314 e. The molecule has 1 amide bonds. The van der Waals surface area contributed by atoms with Gasteiger partial charge in [-0.25, -0.2) is 0 Å². The van der Waals surface area contributed by atoms with Crippen LogP contribution >= 0.6 is 0 Å². The predicted octanol–water partition coefficient (Wildman–Crippen LogP) is 1.70. The molecule has 5 heteroatoms. The highest BCUT2D eigenvalue weighted by molar-refractivity contribution is 5.89. The van der Waals surface area contributed by atoms with Gasteiger partial charge in [-0.1, -0.05) is 30.3 Å². The first kappa shape index (κ1) is 17.2. The average Bonchev–Trinajstić information content (AvgIpc) is 2.38. The Hall–Kier alpha value is -1.88. The zero-order valence-electron chi connectivity index (χ0n) is 12.7. The van der Waals surface area contributed by atoms with Crippen LogP contribution in [0.25, 0.3) is 0 Å². The summed E-state index contributed by atoms with van der Waals surface area (Å²) in [7, 11) is 0. The lowest BCUT2D eigenvalue weighted by molar-refractivity contribution is -0.145. The Morgan fingerprint density at radius 3 is 2.19 bits per heavy atom. The molecule has 0 spiro atoms. The summed E-state index contributed by atoms with van der Waals surface area (Å²) in [6.45, 7) is 5.09. The Morgan fingerprint density at radius 2 is 1.71 bits per heavy atom. The second-order valence-electron chi connectivity index (χ2n) is 6.09. The molecule has 1 atom stereocenters. The van der Waals surface area contributed by atoms with Gasteiger partial charge in [-0.2, -0.15) is 0 Å². The number of hydrogen-bond acceptors (Lipinski definition) is 3. The Kier molecular flexibility index (Phi) is 5.49. The molecule has 0 heterocycles. The van der Waals surface area contributed by atoms with E-state index in [4.69, 9.17) is 5.11 Å². The number of nitrogens with one attached hydrogen (secondary N) is 1. The number of carboxylic acid groups (broad SMARTS) is 1. The molecule has 0 radical (unpaired) electrons. The van der Waals surface area contributed by atoms with E-state index in [0.29, 0.717) is 12.0 Å². The van der Waals surface area contributed by atoms with Gasteiger partial charge in [0.15, 0.2) is 0 Å². The minimum Gasteiger partial charge on any atom is -0.481 e. The molecule has 0 bridgehead atoms. The van der Waals surface area contributed by atoms with Crippen molar-refractivity contribution in [3.8, 4) is 0 Å². The molecular formula is C16H23NO4. The number of amides is 1. The monoisotopic (exact) mass is 293 g/mol. The topological polar surface area (TPSA) is 86.6 Å². The van der Waals surface area contributed by atoms with Gasteiger partial charge >= 0.3 is 5.97 Å². The maximum absolute atomic E-state index is 12.2. The lowest BCUT2D eigenvalue weighted by Gasteiger charge is -2.29. The van der Waals surface area contributed by atoms with Crippen molar-refractivity contribution in [1.82, 2.24) is 5.32 Å². The Balaban J connectivity index is 2.90. The van der Waals surface area contributed by atoms with E-state index in [2.05, 4.69) is 5.32 Å². The molecule has 21 heavy (non-hydrogen) atoms. The Labute approximate surface area is 125 Å². The second-order valence-corrected chi connectivity index (χ2v) is 6.09. The maximum Gasteiger partial charge on any atom is 0.314 e. The molecule has 1 aromatic rings. The molecule has 0 aromatic heterocycles. The minimum atomic E-state index is -1.28. The SMILES string of the molecule is CC(C)(CCO)NC(=O)CC(C)(C(=O)O)c1ccccc1. The van der Waals surface area contributed by atoms with Crippen LogP contribution in [0.5, 0.6) is 0 Å². The van der Waals surface area contributed by atoms with Crippen LogP contribution in [0, 0.1) is 0 Å². The van der Waals surface area contributed by atoms with Crippen LogP contribution in [0.1, 0.15) is 39.2 Å². The molecule has 1 rings (SSSR count). The molecule has 5 nitrogen and oxygen atoms in total. The number of rotatable bonds is 7. The lowest BCUT2D eigenvalue weighted by Crippen LogP contribution is -2.47. The van der Waals surface area contributed by atoms with Crippen LogP contribution in [0.15, 0.2) is 30.3 Å². The summed E-state index contributed by atoms with van der Waals surface area (Å²) < 4.78 is 0. The van der Waals surface area contributed by atoms with Gasteiger partial charge in [0.25, 0.3) is 0 Å². The number of benzene rings is 1. The number of carboxylic acids is 1. The molecule has 3 N–H and O–H groups in total. The summed E-state index contributed by atoms with van der Waals surface area (Å²) in [6.07, 6.45) is 0.259. The normalized spacial score (nSPS) is 14.3. The molecule has 1 unspecified atom stereocenters. The fraction of sp³-hybridized carbons (Fsp3) is 0.500. The van der Waals surface area contributed by atoms with Crippen molar-refractivity contribution >= 4 is 11.9 Å². The van der Waals surface area contributed by atoms with Gasteiger partial charge in [-0.15, -0.1) is 0 Å². The molecule has 1 aromatic carbocycles. The van der Waals surface area contributed by atoms with E-state index in [1.165, 1.54) is 0 Å². The summed E-state index contributed by atoms with van der Waals surface area (Å²) >= 11 is 0. The van der Waals surface area contributed by atoms with Crippen LogP contribution in [-0.2, 0) is 15.0 Å². The third-order valence-electron chi connectivity index (χ3n) is 3.61. The van der Waals surface area contributed by atoms with E-state index >= 15 is 0 Å². The molecular weight excluding hydrogens is 270 g/mol.